The van der Waals surface area contributed by atoms with Crippen LogP contribution in [0.3, 0.4) is 0 Å². The molecule has 1 aliphatic carbocycles. The highest BCUT2D eigenvalue weighted by molar-refractivity contribution is 5.76. The van der Waals surface area contributed by atoms with Gasteiger partial charge in [-0.25, -0.2) is 4.68 Å². The second-order valence-corrected chi connectivity index (χ2v) is 7.30. The van der Waals surface area contributed by atoms with Crippen LogP contribution in [0.2, 0.25) is 0 Å². The summed E-state index contributed by atoms with van der Waals surface area (Å²) in [5.74, 6) is 1.95. The molecular formula is C19H26N4O3. The maximum Gasteiger partial charge on any atom is 0.290 e. The summed E-state index contributed by atoms with van der Waals surface area (Å²) in [4.78, 5) is 24.7. The van der Waals surface area contributed by atoms with Crippen LogP contribution in [0.25, 0.3) is 11.3 Å². The van der Waals surface area contributed by atoms with Crippen LogP contribution in [-0.4, -0.2) is 21.7 Å². The van der Waals surface area contributed by atoms with Gasteiger partial charge in [-0.2, -0.15) is 5.10 Å². The number of carbonyl (C=O) groups is 1. The van der Waals surface area contributed by atoms with Gasteiger partial charge in [0.15, 0.2) is 0 Å². The summed E-state index contributed by atoms with van der Waals surface area (Å²) < 4.78 is 6.65. The minimum Gasteiger partial charge on any atom is -0.466 e. The number of aryl methyl sites for hydroxylation is 2. The summed E-state index contributed by atoms with van der Waals surface area (Å²) in [5, 5.41) is 7.34. The summed E-state index contributed by atoms with van der Waals surface area (Å²) >= 11 is 0. The molecule has 3 N–H and O–H groups in total. The number of hydrogen-bond acceptors (Lipinski definition) is 5. The molecule has 1 aliphatic rings. The van der Waals surface area contributed by atoms with Crippen molar-refractivity contribution in [2.45, 2.75) is 59.0 Å². The average Bonchev–Trinajstić information content (AvgIpc) is 2.92. The third-order valence-electron chi connectivity index (χ3n) is 4.99. The molecule has 1 amide bonds. The van der Waals surface area contributed by atoms with Crippen molar-refractivity contribution in [2.24, 2.45) is 5.92 Å². The SMILES string of the molecule is Cc1cc(-c2cc(N)c(=O)n(CC(=O)NC3CCC(C)CC3)n2)c(C)o1. The molecule has 2 aromatic heterocycles. The van der Waals surface area contributed by atoms with Gasteiger partial charge < -0.3 is 15.5 Å². The topological polar surface area (TPSA) is 103 Å². The van der Waals surface area contributed by atoms with Crippen LogP contribution in [0.4, 0.5) is 5.69 Å². The number of amides is 1. The molecule has 0 bridgehead atoms. The number of aromatic nitrogens is 2. The zero-order valence-electron chi connectivity index (χ0n) is 15.5. The third kappa shape index (κ3) is 3.98. The molecule has 26 heavy (non-hydrogen) atoms. The first kappa shape index (κ1) is 18.2. The van der Waals surface area contributed by atoms with E-state index in [0.717, 1.165) is 41.7 Å². The number of carbonyl (C=O) groups excluding carboxylic acids is 1. The lowest BCUT2D eigenvalue weighted by Gasteiger charge is -2.26. The van der Waals surface area contributed by atoms with Crippen molar-refractivity contribution in [3.63, 3.8) is 0 Å². The molecule has 0 spiro atoms. The Kier molecular flexibility index (Phi) is 5.15. The summed E-state index contributed by atoms with van der Waals surface area (Å²) in [7, 11) is 0. The van der Waals surface area contributed by atoms with Crippen LogP contribution in [0.1, 0.15) is 44.1 Å². The maximum atomic E-state index is 12.4. The lowest BCUT2D eigenvalue weighted by atomic mass is 9.87. The quantitative estimate of drug-likeness (QED) is 0.873. The zero-order valence-corrected chi connectivity index (χ0v) is 15.5. The van der Waals surface area contributed by atoms with E-state index in [9.17, 15) is 9.59 Å². The molecule has 7 nitrogen and oxygen atoms in total. The predicted molar refractivity (Wildman–Crippen MR) is 99.6 cm³/mol. The fraction of sp³-hybridized carbons (Fsp3) is 0.526. The molecule has 2 aromatic rings. The normalized spacial score (nSPS) is 20.1. The molecule has 7 heteroatoms. The van der Waals surface area contributed by atoms with Gasteiger partial charge >= 0.3 is 0 Å². The van der Waals surface area contributed by atoms with Crippen LogP contribution in [0.15, 0.2) is 21.3 Å². The monoisotopic (exact) mass is 358 g/mol. The van der Waals surface area contributed by atoms with E-state index >= 15 is 0 Å². The Hall–Kier alpha value is -2.57. The summed E-state index contributed by atoms with van der Waals surface area (Å²) in [6, 6.07) is 3.54. The number of nitrogens with zero attached hydrogens (tertiary/aromatic N) is 2. The van der Waals surface area contributed by atoms with Crippen molar-refractivity contribution in [1.29, 1.82) is 0 Å². The molecule has 0 radical (unpaired) electrons. The molecule has 1 saturated carbocycles. The third-order valence-corrected chi connectivity index (χ3v) is 4.99. The van der Waals surface area contributed by atoms with Crippen molar-refractivity contribution in [3.05, 3.63) is 34.0 Å². The highest BCUT2D eigenvalue weighted by Gasteiger charge is 2.21. The first-order valence-electron chi connectivity index (χ1n) is 9.08. The van der Waals surface area contributed by atoms with E-state index in [1.165, 1.54) is 6.07 Å². The van der Waals surface area contributed by atoms with Gasteiger partial charge in [0.2, 0.25) is 5.91 Å². The molecular weight excluding hydrogens is 332 g/mol. The van der Waals surface area contributed by atoms with Crippen LogP contribution >= 0.6 is 0 Å². The van der Waals surface area contributed by atoms with Crippen LogP contribution in [0, 0.1) is 19.8 Å². The van der Waals surface area contributed by atoms with Crippen molar-refractivity contribution in [1.82, 2.24) is 15.1 Å². The second-order valence-electron chi connectivity index (χ2n) is 7.30. The molecule has 2 heterocycles. The van der Waals surface area contributed by atoms with Gasteiger partial charge in [0.1, 0.15) is 23.8 Å². The number of anilines is 1. The van der Waals surface area contributed by atoms with E-state index in [2.05, 4.69) is 17.3 Å². The molecule has 140 valence electrons. The number of hydrogen-bond donors (Lipinski definition) is 2. The fourth-order valence-corrected chi connectivity index (χ4v) is 3.50. The predicted octanol–water partition coefficient (Wildman–Crippen LogP) is 2.40. The van der Waals surface area contributed by atoms with E-state index in [0.29, 0.717) is 17.4 Å². The van der Waals surface area contributed by atoms with Crippen molar-refractivity contribution >= 4 is 11.6 Å². The Morgan fingerprint density at radius 3 is 2.62 bits per heavy atom. The highest BCUT2D eigenvalue weighted by atomic mass is 16.3. The van der Waals surface area contributed by atoms with E-state index in [4.69, 9.17) is 10.2 Å². The van der Waals surface area contributed by atoms with E-state index in [1.807, 2.05) is 19.9 Å². The second kappa shape index (κ2) is 7.35. The van der Waals surface area contributed by atoms with Crippen LogP contribution in [-0.2, 0) is 11.3 Å². The summed E-state index contributed by atoms with van der Waals surface area (Å²) in [6.07, 6.45) is 4.19. The Labute approximate surface area is 152 Å². The minimum atomic E-state index is -0.459. The number of nitrogens with one attached hydrogen (secondary N) is 1. The Balaban J connectivity index is 1.78. The molecule has 3 rings (SSSR count). The van der Waals surface area contributed by atoms with Gasteiger partial charge in [0.25, 0.3) is 5.56 Å². The highest BCUT2D eigenvalue weighted by Crippen LogP contribution is 2.25. The fourth-order valence-electron chi connectivity index (χ4n) is 3.50. The molecule has 0 saturated heterocycles. The lowest BCUT2D eigenvalue weighted by molar-refractivity contribution is -0.122. The standard InChI is InChI=1S/C19H26N4O3/c1-11-4-6-14(7-5-11)21-18(24)10-23-19(25)16(20)9-17(22-23)15-8-12(2)26-13(15)3/h8-9,11,14H,4-7,10,20H2,1-3H3,(H,21,24). The average molecular weight is 358 g/mol. The molecule has 0 unspecified atom stereocenters. The van der Waals surface area contributed by atoms with Crippen LogP contribution < -0.4 is 16.6 Å². The van der Waals surface area contributed by atoms with Gasteiger partial charge in [-0.15, -0.1) is 0 Å². The van der Waals surface area contributed by atoms with Gasteiger partial charge in [-0.3, -0.25) is 9.59 Å². The molecule has 0 atom stereocenters. The number of furan rings is 1. The lowest BCUT2D eigenvalue weighted by Crippen LogP contribution is -2.41. The first-order chi connectivity index (χ1) is 12.3. The van der Waals surface area contributed by atoms with Crippen molar-refractivity contribution in [3.8, 4) is 11.3 Å². The first-order valence-corrected chi connectivity index (χ1v) is 9.08. The van der Waals surface area contributed by atoms with E-state index < -0.39 is 5.56 Å². The van der Waals surface area contributed by atoms with E-state index in [1.54, 1.807) is 0 Å². The largest absolute Gasteiger partial charge is 0.466 e. The Morgan fingerprint density at radius 1 is 1.31 bits per heavy atom. The maximum absolute atomic E-state index is 12.4. The van der Waals surface area contributed by atoms with Crippen molar-refractivity contribution < 1.29 is 9.21 Å². The summed E-state index contributed by atoms with van der Waals surface area (Å²) in [6.45, 7) is 5.76. The van der Waals surface area contributed by atoms with Crippen molar-refractivity contribution in [2.75, 3.05) is 5.73 Å². The number of nitrogens with two attached hydrogens (primary N) is 1. The van der Waals surface area contributed by atoms with Gasteiger partial charge in [0, 0.05) is 11.6 Å². The molecule has 0 aliphatic heterocycles. The molecule has 0 aromatic carbocycles. The summed E-state index contributed by atoms with van der Waals surface area (Å²) in [5.41, 5.74) is 6.75. The number of nitrogen functional groups attached to an aromatic ring is 1. The van der Waals surface area contributed by atoms with Crippen LogP contribution in [0.5, 0.6) is 0 Å². The number of rotatable bonds is 4. The molecule has 1 fully saturated rings. The zero-order chi connectivity index (χ0) is 18.8. The van der Waals surface area contributed by atoms with Gasteiger partial charge in [-0.1, -0.05) is 6.92 Å². The smallest absolute Gasteiger partial charge is 0.290 e. The minimum absolute atomic E-state index is 0.0625. The Bertz CT molecular complexity index is 860. The van der Waals surface area contributed by atoms with E-state index in [-0.39, 0.29) is 24.2 Å². The Morgan fingerprint density at radius 2 is 2.00 bits per heavy atom. The van der Waals surface area contributed by atoms with Gasteiger partial charge in [-0.05, 0) is 57.6 Å². The van der Waals surface area contributed by atoms with Gasteiger partial charge in [0.05, 0.1) is 5.69 Å².